The molecule has 0 spiro atoms. The van der Waals surface area contributed by atoms with Crippen molar-refractivity contribution in [3.05, 3.63) is 83.4 Å². The highest BCUT2D eigenvalue weighted by molar-refractivity contribution is 8.16. The zero-order chi connectivity index (χ0) is 25.3. The van der Waals surface area contributed by atoms with Gasteiger partial charge in [0, 0.05) is 6.07 Å². The summed E-state index contributed by atoms with van der Waals surface area (Å²) < 4.78 is 17.8. The van der Waals surface area contributed by atoms with Gasteiger partial charge in [0.15, 0.2) is 11.5 Å². The number of aliphatic hydroxyl groups is 1. The molecule has 1 aliphatic heterocycles. The van der Waals surface area contributed by atoms with Crippen LogP contribution in [0.1, 0.15) is 39.8 Å². The Morgan fingerprint density at radius 3 is 2.36 bits per heavy atom. The SMILES string of the molecule is COc1cc(Oc2cc(C3SCCCS3)ccc2OC)cc([C@@H](C#N)N[C@@H](CO)c2ccccc2)c1. The van der Waals surface area contributed by atoms with Crippen LogP contribution in [0.5, 0.6) is 23.0 Å². The lowest BCUT2D eigenvalue weighted by molar-refractivity contribution is 0.239. The molecule has 0 aromatic heterocycles. The van der Waals surface area contributed by atoms with Gasteiger partial charge in [0.2, 0.25) is 0 Å². The maximum Gasteiger partial charge on any atom is 0.169 e. The van der Waals surface area contributed by atoms with Crippen molar-refractivity contribution in [3.8, 4) is 29.1 Å². The number of aliphatic hydroxyl groups excluding tert-OH is 1. The van der Waals surface area contributed by atoms with E-state index < -0.39 is 12.1 Å². The summed E-state index contributed by atoms with van der Waals surface area (Å²) in [5.74, 6) is 4.65. The highest BCUT2D eigenvalue weighted by Gasteiger charge is 2.21. The predicted molar refractivity (Wildman–Crippen MR) is 146 cm³/mol. The van der Waals surface area contributed by atoms with Gasteiger partial charge in [-0.3, -0.25) is 5.32 Å². The molecule has 36 heavy (non-hydrogen) atoms. The molecule has 2 atom stereocenters. The molecule has 2 N–H and O–H groups in total. The van der Waals surface area contributed by atoms with E-state index in [0.717, 1.165) is 17.1 Å². The molecule has 1 heterocycles. The average Bonchev–Trinajstić information content (AvgIpc) is 2.94. The first-order chi connectivity index (χ1) is 17.6. The number of nitriles is 1. The molecule has 0 radical (unpaired) electrons. The fourth-order valence-corrected chi connectivity index (χ4v) is 6.89. The Bertz CT molecular complexity index is 1180. The van der Waals surface area contributed by atoms with E-state index in [0.29, 0.717) is 33.1 Å². The van der Waals surface area contributed by atoms with E-state index in [-0.39, 0.29) is 6.61 Å². The molecule has 3 aromatic rings. The number of hydrogen-bond acceptors (Lipinski definition) is 8. The van der Waals surface area contributed by atoms with Gasteiger partial charge in [-0.2, -0.15) is 5.26 Å². The molecule has 3 aromatic carbocycles. The van der Waals surface area contributed by atoms with Crippen LogP contribution in [-0.4, -0.2) is 37.4 Å². The van der Waals surface area contributed by atoms with Crippen molar-refractivity contribution in [1.29, 1.82) is 5.26 Å². The Hall–Kier alpha value is -2.83. The van der Waals surface area contributed by atoms with E-state index >= 15 is 0 Å². The molecule has 0 unspecified atom stereocenters. The smallest absolute Gasteiger partial charge is 0.169 e. The minimum Gasteiger partial charge on any atom is -0.497 e. The molecule has 188 valence electrons. The minimum atomic E-state index is -0.692. The maximum absolute atomic E-state index is 9.98. The molecule has 8 heteroatoms. The lowest BCUT2D eigenvalue weighted by atomic mass is 10.0. The van der Waals surface area contributed by atoms with E-state index in [2.05, 4.69) is 17.5 Å². The number of hydrogen-bond donors (Lipinski definition) is 2. The molecule has 1 saturated heterocycles. The van der Waals surface area contributed by atoms with Crippen LogP contribution in [0.15, 0.2) is 66.7 Å². The number of benzene rings is 3. The molecule has 0 aliphatic carbocycles. The van der Waals surface area contributed by atoms with Gasteiger partial charge >= 0.3 is 0 Å². The molecule has 0 bridgehead atoms. The Balaban J connectivity index is 1.62. The fraction of sp³-hybridized carbons (Fsp3) is 0.321. The van der Waals surface area contributed by atoms with E-state index in [1.165, 1.54) is 12.0 Å². The van der Waals surface area contributed by atoms with E-state index in [1.54, 1.807) is 26.4 Å². The van der Waals surface area contributed by atoms with Gasteiger partial charge in [-0.05, 0) is 58.9 Å². The largest absolute Gasteiger partial charge is 0.497 e. The van der Waals surface area contributed by atoms with Crippen molar-refractivity contribution in [1.82, 2.24) is 5.32 Å². The number of rotatable bonds is 10. The van der Waals surface area contributed by atoms with Gasteiger partial charge in [0.25, 0.3) is 0 Å². The molecule has 6 nitrogen and oxygen atoms in total. The molecule has 1 aliphatic rings. The van der Waals surface area contributed by atoms with Crippen LogP contribution in [0.3, 0.4) is 0 Å². The summed E-state index contributed by atoms with van der Waals surface area (Å²) in [6, 6.07) is 22.3. The first kappa shape index (κ1) is 26.2. The van der Waals surface area contributed by atoms with Crippen molar-refractivity contribution in [2.45, 2.75) is 23.1 Å². The van der Waals surface area contributed by atoms with Crippen LogP contribution in [0.4, 0.5) is 0 Å². The quantitative estimate of drug-likeness (QED) is 0.323. The number of nitrogens with zero attached hydrogens (tertiary/aromatic N) is 1. The van der Waals surface area contributed by atoms with Gasteiger partial charge in [0.1, 0.15) is 17.5 Å². The summed E-state index contributed by atoms with van der Waals surface area (Å²) in [7, 11) is 3.20. The van der Waals surface area contributed by atoms with Crippen molar-refractivity contribution in [2.24, 2.45) is 0 Å². The monoisotopic (exact) mass is 522 g/mol. The molecule has 0 saturated carbocycles. The lowest BCUT2D eigenvalue weighted by Gasteiger charge is -2.23. The normalized spacial score (nSPS) is 15.5. The van der Waals surface area contributed by atoms with E-state index in [4.69, 9.17) is 14.2 Å². The van der Waals surface area contributed by atoms with Crippen molar-refractivity contribution in [2.75, 3.05) is 32.3 Å². The van der Waals surface area contributed by atoms with Gasteiger partial charge in [-0.1, -0.05) is 36.4 Å². The van der Waals surface area contributed by atoms with Gasteiger partial charge < -0.3 is 19.3 Å². The Morgan fingerprint density at radius 2 is 1.69 bits per heavy atom. The summed E-state index contributed by atoms with van der Waals surface area (Å²) in [6.45, 7) is -0.142. The highest BCUT2D eigenvalue weighted by atomic mass is 32.2. The first-order valence-corrected chi connectivity index (χ1v) is 13.8. The predicted octanol–water partition coefficient (Wildman–Crippen LogP) is 6.25. The third-order valence-electron chi connectivity index (χ3n) is 5.87. The van der Waals surface area contributed by atoms with Gasteiger partial charge in [-0.15, -0.1) is 23.5 Å². The van der Waals surface area contributed by atoms with E-state index in [1.807, 2.05) is 72.1 Å². The second kappa shape index (κ2) is 12.9. The minimum absolute atomic E-state index is 0.142. The zero-order valence-electron chi connectivity index (χ0n) is 20.3. The van der Waals surface area contributed by atoms with Gasteiger partial charge in [0.05, 0.1) is 37.5 Å². The van der Waals surface area contributed by atoms with Crippen LogP contribution >= 0.6 is 23.5 Å². The van der Waals surface area contributed by atoms with Crippen molar-refractivity contribution >= 4 is 23.5 Å². The zero-order valence-corrected chi connectivity index (χ0v) is 22.0. The van der Waals surface area contributed by atoms with Crippen LogP contribution < -0.4 is 19.5 Å². The number of thioether (sulfide) groups is 2. The summed E-state index contributed by atoms with van der Waals surface area (Å²) in [6.07, 6.45) is 1.23. The van der Waals surface area contributed by atoms with Crippen LogP contribution in [0, 0.1) is 11.3 Å². The fourth-order valence-electron chi connectivity index (χ4n) is 4.01. The third kappa shape index (κ3) is 6.48. The van der Waals surface area contributed by atoms with Crippen LogP contribution in [0.25, 0.3) is 0 Å². The second-order valence-corrected chi connectivity index (χ2v) is 11.0. The van der Waals surface area contributed by atoms with Crippen LogP contribution in [-0.2, 0) is 0 Å². The molecule has 0 amide bonds. The number of methoxy groups -OCH3 is 2. The molecule has 1 fully saturated rings. The first-order valence-electron chi connectivity index (χ1n) is 11.7. The Morgan fingerprint density at radius 1 is 0.944 bits per heavy atom. The summed E-state index contributed by atoms with van der Waals surface area (Å²) >= 11 is 3.90. The van der Waals surface area contributed by atoms with Crippen molar-refractivity contribution < 1.29 is 19.3 Å². The standard InChI is InChI=1S/C28H30N2O4S2/c1-32-22-13-21(24(17-29)30-25(18-31)19-7-4-3-5-8-19)14-23(16-22)34-27-15-20(9-10-26(27)33-2)28-35-11-6-12-36-28/h3-5,7-10,13-16,24-25,28,30-31H,6,11-12,18H2,1-2H3/t24-,25+/m1/s1. The summed E-state index contributed by atoms with van der Waals surface area (Å²) in [5, 5.41) is 23.2. The lowest BCUT2D eigenvalue weighted by Crippen LogP contribution is -2.28. The van der Waals surface area contributed by atoms with E-state index in [9.17, 15) is 10.4 Å². The molecular weight excluding hydrogens is 492 g/mol. The van der Waals surface area contributed by atoms with Gasteiger partial charge in [-0.25, -0.2) is 0 Å². The second-order valence-electron chi connectivity index (χ2n) is 8.26. The third-order valence-corrected chi connectivity index (χ3v) is 8.88. The Labute approximate surface area is 221 Å². The summed E-state index contributed by atoms with van der Waals surface area (Å²) in [4.78, 5) is 0. The van der Waals surface area contributed by atoms with Crippen LogP contribution in [0.2, 0.25) is 0 Å². The molecular formula is C28H30N2O4S2. The van der Waals surface area contributed by atoms with Crippen molar-refractivity contribution in [3.63, 3.8) is 0 Å². The molecule has 4 rings (SSSR count). The topological polar surface area (TPSA) is 83.7 Å². The Kier molecular flexibility index (Phi) is 9.42. The average molecular weight is 523 g/mol. The number of nitrogens with one attached hydrogen (secondary N) is 1. The highest BCUT2D eigenvalue weighted by Crippen LogP contribution is 2.46. The summed E-state index contributed by atoms with van der Waals surface area (Å²) in [5.41, 5.74) is 2.77. The maximum atomic E-state index is 9.98. The number of ether oxygens (including phenoxy) is 3.